The van der Waals surface area contributed by atoms with Crippen molar-refractivity contribution < 1.29 is 9.47 Å². The van der Waals surface area contributed by atoms with E-state index in [4.69, 9.17) is 9.47 Å². The van der Waals surface area contributed by atoms with Gasteiger partial charge in [-0.2, -0.15) is 12.6 Å². The van der Waals surface area contributed by atoms with Crippen LogP contribution < -0.4 is 9.47 Å². The van der Waals surface area contributed by atoms with Gasteiger partial charge >= 0.3 is 0 Å². The van der Waals surface area contributed by atoms with Gasteiger partial charge in [-0.05, 0) is 6.07 Å². The van der Waals surface area contributed by atoms with Gasteiger partial charge in [-0.1, -0.05) is 12.1 Å². The molecule has 1 aromatic rings. The van der Waals surface area contributed by atoms with Crippen LogP contribution in [-0.4, -0.2) is 6.79 Å². The van der Waals surface area contributed by atoms with Crippen LogP contribution in [-0.2, 0) is 5.75 Å². The highest BCUT2D eigenvalue weighted by Crippen LogP contribution is 2.35. The van der Waals surface area contributed by atoms with Crippen molar-refractivity contribution in [2.75, 3.05) is 6.79 Å². The van der Waals surface area contributed by atoms with Crippen LogP contribution in [0.3, 0.4) is 0 Å². The normalized spacial score (nSPS) is 13.5. The molecular weight excluding hydrogens is 160 g/mol. The molecule has 1 aromatic carbocycles. The van der Waals surface area contributed by atoms with Gasteiger partial charge in [0.1, 0.15) is 0 Å². The van der Waals surface area contributed by atoms with E-state index in [0.717, 1.165) is 17.1 Å². The molecule has 0 N–H and O–H groups in total. The fourth-order valence-corrected chi connectivity index (χ4v) is 1.36. The van der Waals surface area contributed by atoms with Crippen molar-refractivity contribution in [2.24, 2.45) is 0 Å². The first-order valence-electron chi connectivity index (χ1n) is 3.40. The first-order chi connectivity index (χ1) is 5.42. The van der Waals surface area contributed by atoms with Crippen molar-refractivity contribution in [3.8, 4) is 11.5 Å². The van der Waals surface area contributed by atoms with Gasteiger partial charge in [0, 0.05) is 11.3 Å². The second-order valence-electron chi connectivity index (χ2n) is 2.31. The molecule has 0 aromatic heterocycles. The SMILES string of the molecule is SCc1cccc2c1OCO2. The number of fused-ring (bicyclic) bond motifs is 1. The van der Waals surface area contributed by atoms with Gasteiger partial charge in [0.25, 0.3) is 0 Å². The summed E-state index contributed by atoms with van der Waals surface area (Å²) in [5.74, 6) is 2.37. The van der Waals surface area contributed by atoms with Crippen molar-refractivity contribution in [2.45, 2.75) is 5.75 Å². The Labute approximate surface area is 70.5 Å². The molecule has 0 spiro atoms. The predicted octanol–water partition coefficient (Wildman–Crippen LogP) is 1.85. The maximum atomic E-state index is 5.25. The molecule has 0 amide bonds. The summed E-state index contributed by atoms with van der Waals surface area (Å²) in [6, 6.07) is 5.83. The summed E-state index contributed by atoms with van der Waals surface area (Å²) >= 11 is 4.17. The van der Waals surface area contributed by atoms with Crippen molar-refractivity contribution in [1.29, 1.82) is 0 Å². The van der Waals surface area contributed by atoms with Crippen LogP contribution in [0, 0.1) is 0 Å². The van der Waals surface area contributed by atoms with Gasteiger partial charge in [-0.15, -0.1) is 0 Å². The summed E-state index contributed by atoms with van der Waals surface area (Å²) < 4.78 is 10.4. The smallest absolute Gasteiger partial charge is 0.231 e. The third-order valence-corrected chi connectivity index (χ3v) is 1.99. The number of para-hydroxylation sites is 1. The molecule has 0 saturated carbocycles. The van der Waals surface area contributed by atoms with Gasteiger partial charge in [-0.3, -0.25) is 0 Å². The molecule has 2 nitrogen and oxygen atoms in total. The lowest BCUT2D eigenvalue weighted by molar-refractivity contribution is 0.173. The van der Waals surface area contributed by atoms with E-state index in [1.807, 2.05) is 18.2 Å². The highest BCUT2D eigenvalue weighted by atomic mass is 32.1. The van der Waals surface area contributed by atoms with E-state index in [0.29, 0.717) is 12.5 Å². The van der Waals surface area contributed by atoms with Gasteiger partial charge in [0.15, 0.2) is 11.5 Å². The molecule has 0 saturated heterocycles. The molecule has 0 aliphatic carbocycles. The molecule has 1 aliphatic rings. The van der Waals surface area contributed by atoms with E-state index in [1.165, 1.54) is 0 Å². The summed E-state index contributed by atoms with van der Waals surface area (Å²) in [6.45, 7) is 0.333. The Morgan fingerprint density at radius 2 is 2.27 bits per heavy atom. The number of rotatable bonds is 1. The molecular formula is C8H8O2S. The zero-order valence-corrected chi connectivity index (χ0v) is 6.80. The van der Waals surface area contributed by atoms with Crippen LogP contribution in [0.2, 0.25) is 0 Å². The lowest BCUT2D eigenvalue weighted by Crippen LogP contribution is -1.93. The second-order valence-corrected chi connectivity index (χ2v) is 2.63. The van der Waals surface area contributed by atoms with Crippen LogP contribution in [0.4, 0.5) is 0 Å². The quantitative estimate of drug-likeness (QED) is 0.645. The Bertz CT molecular complexity index is 273. The highest BCUT2D eigenvalue weighted by Gasteiger charge is 2.15. The van der Waals surface area contributed by atoms with Gasteiger partial charge < -0.3 is 9.47 Å². The lowest BCUT2D eigenvalue weighted by Gasteiger charge is -2.00. The predicted molar refractivity (Wildman–Crippen MR) is 45.3 cm³/mol. The molecule has 0 bridgehead atoms. The summed E-state index contributed by atoms with van der Waals surface area (Å²) in [4.78, 5) is 0. The van der Waals surface area contributed by atoms with E-state index in [9.17, 15) is 0 Å². The van der Waals surface area contributed by atoms with E-state index in [-0.39, 0.29) is 0 Å². The van der Waals surface area contributed by atoms with Crippen LogP contribution in [0.25, 0.3) is 0 Å². The molecule has 58 valence electrons. The third-order valence-electron chi connectivity index (χ3n) is 1.65. The van der Waals surface area contributed by atoms with Crippen LogP contribution in [0.15, 0.2) is 18.2 Å². The van der Waals surface area contributed by atoms with E-state index >= 15 is 0 Å². The fraction of sp³-hybridized carbons (Fsp3) is 0.250. The fourth-order valence-electron chi connectivity index (χ4n) is 1.12. The summed E-state index contributed by atoms with van der Waals surface area (Å²) in [5.41, 5.74) is 1.09. The van der Waals surface area contributed by atoms with Gasteiger partial charge in [0.2, 0.25) is 6.79 Å². The van der Waals surface area contributed by atoms with Gasteiger partial charge in [0.05, 0.1) is 0 Å². The lowest BCUT2D eigenvalue weighted by atomic mass is 10.2. The van der Waals surface area contributed by atoms with Crippen LogP contribution in [0.1, 0.15) is 5.56 Å². The minimum absolute atomic E-state index is 0.333. The second kappa shape index (κ2) is 2.66. The van der Waals surface area contributed by atoms with Gasteiger partial charge in [-0.25, -0.2) is 0 Å². The summed E-state index contributed by atoms with van der Waals surface area (Å²) in [7, 11) is 0. The zero-order valence-electron chi connectivity index (χ0n) is 5.91. The van der Waals surface area contributed by atoms with Crippen molar-refractivity contribution in [1.82, 2.24) is 0 Å². The molecule has 3 heteroatoms. The molecule has 2 rings (SSSR count). The standard InChI is InChI=1S/C8H8O2S/c11-4-6-2-1-3-7-8(6)10-5-9-7/h1-3,11H,4-5H2. The molecule has 1 aliphatic heterocycles. The molecule has 0 unspecified atom stereocenters. The average Bonchev–Trinajstić information content (AvgIpc) is 2.50. The highest BCUT2D eigenvalue weighted by molar-refractivity contribution is 7.79. The maximum absolute atomic E-state index is 5.25. The number of hydrogen-bond donors (Lipinski definition) is 1. The van der Waals surface area contributed by atoms with Crippen LogP contribution in [0.5, 0.6) is 11.5 Å². The Balaban J connectivity index is 2.50. The summed E-state index contributed by atoms with van der Waals surface area (Å²) in [6.07, 6.45) is 0. The first-order valence-corrected chi connectivity index (χ1v) is 4.03. The Kier molecular flexibility index (Phi) is 1.66. The number of hydrogen-bond acceptors (Lipinski definition) is 3. The molecule has 1 heterocycles. The minimum Gasteiger partial charge on any atom is -0.454 e. The molecule has 0 atom stereocenters. The third kappa shape index (κ3) is 1.05. The number of ether oxygens (including phenoxy) is 2. The molecule has 0 radical (unpaired) electrons. The topological polar surface area (TPSA) is 18.5 Å². The number of thiol groups is 1. The largest absolute Gasteiger partial charge is 0.454 e. The minimum atomic E-state index is 0.333. The Morgan fingerprint density at radius 3 is 3.09 bits per heavy atom. The zero-order chi connectivity index (χ0) is 7.68. The molecule has 11 heavy (non-hydrogen) atoms. The monoisotopic (exact) mass is 168 g/mol. The van der Waals surface area contributed by atoms with Crippen molar-refractivity contribution >= 4 is 12.6 Å². The van der Waals surface area contributed by atoms with E-state index < -0.39 is 0 Å². The summed E-state index contributed by atoms with van der Waals surface area (Å²) in [5, 5.41) is 0. The number of benzene rings is 1. The van der Waals surface area contributed by atoms with Crippen LogP contribution >= 0.6 is 12.6 Å². The van der Waals surface area contributed by atoms with Crippen molar-refractivity contribution in [3.63, 3.8) is 0 Å². The first kappa shape index (κ1) is 6.85. The molecule has 0 fully saturated rings. The van der Waals surface area contributed by atoms with E-state index in [1.54, 1.807) is 0 Å². The van der Waals surface area contributed by atoms with E-state index in [2.05, 4.69) is 12.6 Å². The average molecular weight is 168 g/mol. The Morgan fingerprint density at radius 1 is 1.36 bits per heavy atom. The maximum Gasteiger partial charge on any atom is 0.231 e. The van der Waals surface area contributed by atoms with Crippen molar-refractivity contribution in [3.05, 3.63) is 23.8 Å². The Hall–Kier alpha value is -0.830.